The van der Waals surface area contributed by atoms with Crippen LogP contribution in [0, 0.1) is 5.41 Å². The minimum atomic E-state index is -3.61. The minimum Gasteiger partial charge on any atom is -0.340 e. The molecule has 1 amide bonds. The van der Waals surface area contributed by atoms with E-state index in [0.29, 0.717) is 13.1 Å². The number of carbonyl (C=O) groups is 1. The van der Waals surface area contributed by atoms with Crippen LogP contribution in [0.3, 0.4) is 0 Å². The van der Waals surface area contributed by atoms with Crippen LogP contribution in [-0.2, 0) is 14.8 Å². The Labute approximate surface area is 136 Å². The van der Waals surface area contributed by atoms with Gasteiger partial charge in [-0.05, 0) is 12.1 Å². The fraction of sp³-hybridized carbons (Fsp3) is 0.533. The molecule has 0 bridgehead atoms. The molecule has 1 aliphatic heterocycles. The van der Waals surface area contributed by atoms with Crippen LogP contribution in [-0.4, -0.2) is 49.7 Å². The van der Waals surface area contributed by atoms with Crippen molar-refractivity contribution in [1.29, 1.82) is 0 Å². The zero-order chi connectivity index (χ0) is 16.5. The van der Waals surface area contributed by atoms with Crippen LogP contribution in [0.5, 0.6) is 0 Å². The Morgan fingerprint density at radius 2 is 1.64 bits per heavy atom. The van der Waals surface area contributed by atoms with Crippen molar-refractivity contribution in [2.45, 2.75) is 25.7 Å². The Morgan fingerprint density at radius 3 is 2.14 bits per heavy atom. The summed E-state index contributed by atoms with van der Waals surface area (Å²) in [7, 11) is -3.61. The van der Waals surface area contributed by atoms with Gasteiger partial charge in [-0.1, -0.05) is 44.5 Å². The van der Waals surface area contributed by atoms with Gasteiger partial charge in [-0.25, -0.2) is 8.42 Å². The SMILES string of the molecule is CC(C)(C)C(=O)N1CCN(S(=O)(=O)c2ccccc2Cl)CC1. The third-order valence-corrected chi connectivity index (χ3v) is 6.02. The topological polar surface area (TPSA) is 57.7 Å². The molecule has 0 saturated carbocycles. The Morgan fingerprint density at radius 1 is 1.09 bits per heavy atom. The number of halogens is 1. The van der Waals surface area contributed by atoms with E-state index in [2.05, 4.69) is 0 Å². The normalized spacial score (nSPS) is 17.5. The molecule has 1 aromatic rings. The predicted molar refractivity (Wildman–Crippen MR) is 86.2 cm³/mol. The third kappa shape index (κ3) is 3.45. The lowest BCUT2D eigenvalue weighted by atomic mass is 9.94. The van der Waals surface area contributed by atoms with Gasteiger partial charge in [0.2, 0.25) is 15.9 Å². The molecule has 0 spiro atoms. The Balaban J connectivity index is 2.12. The van der Waals surface area contributed by atoms with Gasteiger partial charge in [-0.15, -0.1) is 0 Å². The predicted octanol–water partition coefficient (Wildman–Crippen LogP) is 2.22. The number of piperazine rings is 1. The fourth-order valence-electron chi connectivity index (χ4n) is 2.40. The molecule has 2 rings (SSSR count). The van der Waals surface area contributed by atoms with Gasteiger partial charge >= 0.3 is 0 Å². The summed E-state index contributed by atoms with van der Waals surface area (Å²) >= 11 is 6.00. The number of amides is 1. The number of hydrogen-bond acceptors (Lipinski definition) is 3. The molecule has 1 fully saturated rings. The summed E-state index contributed by atoms with van der Waals surface area (Å²) in [4.78, 5) is 14.1. The van der Waals surface area contributed by atoms with Crippen LogP contribution in [0.1, 0.15) is 20.8 Å². The first-order chi connectivity index (χ1) is 10.1. The molecule has 0 atom stereocenters. The molecule has 1 aliphatic rings. The van der Waals surface area contributed by atoms with Crippen LogP contribution in [0.4, 0.5) is 0 Å². The van der Waals surface area contributed by atoms with Gasteiger partial charge in [0.1, 0.15) is 4.90 Å². The summed E-state index contributed by atoms with van der Waals surface area (Å²) < 4.78 is 26.6. The lowest BCUT2D eigenvalue weighted by molar-refractivity contribution is -0.140. The maximum Gasteiger partial charge on any atom is 0.244 e. The lowest BCUT2D eigenvalue weighted by Gasteiger charge is -2.37. The highest BCUT2D eigenvalue weighted by Gasteiger charge is 2.34. The van der Waals surface area contributed by atoms with Gasteiger partial charge in [0.15, 0.2) is 0 Å². The molecule has 22 heavy (non-hydrogen) atoms. The van der Waals surface area contributed by atoms with E-state index in [1.165, 1.54) is 10.4 Å². The Kier molecular flexibility index (Phi) is 4.84. The van der Waals surface area contributed by atoms with Gasteiger partial charge in [-0.3, -0.25) is 4.79 Å². The molecule has 7 heteroatoms. The van der Waals surface area contributed by atoms with Crippen LogP contribution in [0.25, 0.3) is 0 Å². The first-order valence-corrected chi connectivity index (χ1v) is 9.00. The summed E-state index contributed by atoms with van der Waals surface area (Å²) in [6, 6.07) is 6.41. The second-order valence-corrected chi connectivity index (χ2v) is 8.69. The van der Waals surface area contributed by atoms with E-state index < -0.39 is 15.4 Å². The van der Waals surface area contributed by atoms with Crippen LogP contribution in [0.15, 0.2) is 29.2 Å². The average Bonchev–Trinajstić information content (AvgIpc) is 2.46. The van der Waals surface area contributed by atoms with Crippen LogP contribution >= 0.6 is 11.6 Å². The highest BCUT2D eigenvalue weighted by atomic mass is 35.5. The quantitative estimate of drug-likeness (QED) is 0.826. The molecule has 0 radical (unpaired) electrons. The number of rotatable bonds is 2. The van der Waals surface area contributed by atoms with Gasteiger partial charge in [0.25, 0.3) is 0 Å². The van der Waals surface area contributed by atoms with E-state index in [1.807, 2.05) is 20.8 Å². The van der Waals surface area contributed by atoms with Gasteiger partial charge in [0, 0.05) is 31.6 Å². The summed E-state index contributed by atoms with van der Waals surface area (Å²) in [5.41, 5.74) is -0.455. The standard InChI is InChI=1S/C15H21ClN2O3S/c1-15(2,3)14(19)17-8-10-18(11-9-17)22(20,21)13-7-5-4-6-12(13)16/h4-7H,8-11H2,1-3H3. The molecular weight excluding hydrogens is 324 g/mol. The second kappa shape index (κ2) is 6.18. The lowest BCUT2D eigenvalue weighted by Crippen LogP contribution is -2.52. The van der Waals surface area contributed by atoms with E-state index in [4.69, 9.17) is 11.6 Å². The van der Waals surface area contributed by atoms with Crippen molar-refractivity contribution in [3.05, 3.63) is 29.3 Å². The highest BCUT2D eigenvalue weighted by molar-refractivity contribution is 7.89. The Hall–Kier alpha value is -1.11. The van der Waals surface area contributed by atoms with Crippen LogP contribution in [0.2, 0.25) is 5.02 Å². The van der Waals surface area contributed by atoms with E-state index in [9.17, 15) is 13.2 Å². The van der Waals surface area contributed by atoms with E-state index in [0.717, 1.165) is 0 Å². The number of hydrogen-bond donors (Lipinski definition) is 0. The molecular formula is C15H21ClN2O3S. The molecule has 1 heterocycles. The number of benzene rings is 1. The zero-order valence-electron chi connectivity index (χ0n) is 13.0. The first-order valence-electron chi connectivity index (χ1n) is 7.18. The molecule has 1 saturated heterocycles. The third-order valence-electron chi connectivity index (χ3n) is 3.62. The van der Waals surface area contributed by atoms with Crippen molar-refractivity contribution in [3.63, 3.8) is 0 Å². The maximum absolute atomic E-state index is 12.6. The average molecular weight is 345 g/mol. The summed E-state index contributed by atoms with van der Waals surface area (Å²) in [6.07, 6.45) is 0. The Bertz CT molecular complexity index is 660. The van der Waals surface area contributed by atoms with Crippen molar-refractivity contribution in [1.82, 2.24) is 9.21 Å². The molecule has 0 unspecified atom stereocenters. The van der Waals surface area contributed by atoms with Gasteiger partial charge in [0.05, 0.1) is 5.02 Å². The van der Waals surface area contributed by atoms with Crippen LogP contribution < -0.4 is 0 Å². The first kappa shape index (κ1) is 17.2. The maximum atomic E-state index is 12.6. The van der Waals surface area contributed by atoms with Crippen molar-refractivity contribution < 1.29 is 13.2 Å². The largest absolute Gasteiger partial charge is 0.340 e. The summed E-state index contributed by atoms with van der Waals surface area (Å²) in [5.74, 6) is 0.0438. The smallest absolute Gasteiger partial charge is 0.244 e. The number of nitrogens with zero attached hydrogens (tertiary/aromatic N) is 2. The number of carbonyl (C=O) groups excluding carboxylic acids is 1. The zero-order valence-corrected chi connectivity index (χ0v) is 14.6. The summed E-state index contributed by atoms with van der Waals surface area (Å²) in [6.45, 7) is 6.97. The van der Waals surface area contributed by atoms with Crippen molar-refractivity contribution in [2.24, 2.45) is 5.41 Å². The van der Waals surface area contributed by atoms with Gasteiger partial charge in [-0.2, -0.15) is 4.31 Å². The molecule has 0 aromatic heterocycles. The monoisotopic (exact) mass is 344 g/mol. The molecule has 0 N–H and O–H groups in total. The minimum absolute atomic E-state index is 0.0438. The molecule has 0 aliphatic carbocycles. The molecule has 122 valence electrons. The van der Waals surface area contributed by atoms with Gasteiger partial charge < -0.3 is 4.90 Å². The fourth-order valence-corrected chi connectivity index (χ4v) is 4.31. The van der Waals surface area contributed by atoms with E-state index >= 15 is 0 Å². The van der Waals surface area contributed by atoms with Crippen molar-refractivity contribution in [2.75, 3.05) is 26.2 Å². The van der Waals surface area contributed by atoms with E-state index in [-0.39, 0.29) is 28.9 Å². The van der Waals surface area contributed by atoms with Crippen molar-refractivity contribution in [3.8, 4) is 0 Å². The van der Waals surface area contributed by atoms with E-state index in [1.54, 1.807) is 23.1 Å². The molecule has 1 aromatic carbocycles. The molecule has 5 nitrogen and oxygen atoms in total. The van der Waals surface area contributed by atoms with Crippen molar-refractivity contribution >= 4 is 27.5 Å². The summed E-state index contributed by atoms with van der Waals surface area (Å²) in [5, 5.41) is 0.218. The second-order valence-electron chi connectivity index (χ2n) is 6.38. The highest BCUT2D eigenvalue weighted by Crippen LogP contribution is 2.26. The number of sulfonamides is 1.